The van der Waals surface area contributed by atoms with Gasteiger partial charge >= 0.3 is 0 Å². The van der Waals surface area contributed by atoms with E-state index in [1.165, 1.54) is 32.1 Å². The largest absolute Gasteiger partial charge is 0.339 e. The van der Waals surface area contributed by atoms with Gasteiger partial charge in [0.05, 0.1) is 0 Å². The van der Waals surface area contributed by atoms with E-state index in [-0.39, 0.29) is 0 Å². The van der Waals surface area contributed by atoms with Crippen molar-refractivity contribution >= 4 is 0 Å². The van der Waals surface area contributed by atoms with Crippen LogP contribution in [0.15, 0.2) is 4.52 Å². The minimum atomic E-state index is 0.305. The first-order chi connectivity index (χ1) is 9.53. The lowest BCUT2D eigenvalue weighted by Crippen LogP contribution is -2.27. The monoisotopic (exact) mass is 277 g/mol. The van der Waals surface area contributed by atoms with E-state index < -0.39 is 0 Å². The number of hydrogen-bond acceptors (Lipinski definition) is 4. The summed E-state index contributed by atoms with van der Waals surface area (Å²) in [5, 5.41) is 4.26. The Labute approximate surface area is 121 Å². The van der Waals surface area contributed by atoms with Gasteiger partial charge < -0.3 is 10.3 Å². The van der Waals surface area contributed by atoms with E-state index in [4.69, 9.17) is 15.2 Å². The molecule has 2 atom stereocenters. The van der Waals surface area contributed by atoms with Gasteiger partial charge in [-0.3, -0.25) is 0 Å². The van der Waals surface area contributed by atoms with Crippen molar-refractivity contribution in [2.75, 3.05) is 0 Å². The van der Waals surface area contributed by atoms with Crippen molar-refractivity contribution in [2.24, 2.45) is 11.1 Å². The van der Waals surface area contributed by atoms with Crippen LogP contribution < -0.4 is 5.73 Å². The van der Waals surface area contributed by atoms with Crippen LogP contribution in [0.5, 0.6) is 0 Å². The van der Waals surface area contributed by atoms with E-state index in [1.807, 2.05) is 0 Å². The molecular weight excluding hydrogens is 250 g/mol. The Morgan fingerprint density at radius 1 is 1.10 bits per heavy atom. The van der Waals surface area contributed by atoms with Crippen molar-refractivity contribution in [3.63, 3.8) is 0 Å². The van der Waals surface area contributed by atoms with Crippen LogP contribution in [0, 0.1) is 5.41 Å². The molecule has 3 rings (SSSR count). The summed E-state index contributed by atoms with van der Waals surface area (Å²) in [7, 11) is 0. The summed E-state index contributed by atoms with van der Waals surface area (Å²) in [4.78, 5) is 4.71. The molecule has 0 spiro atoms. The molecule has 1 aromatic rings. The smallest absolute Gasteiger partial charge is 0.229 e. The molecule has 20 heavy (non-hydrogen) atoms. The van der Waals surface area contributed by atoms with Crippen LogP contribution in [0.1, 0.15) is 88.8 Å². The number of rotatable bonds is 2. The zero-order valence-corrected chi connectivity index (χ0v) is 12.8. The van der Waals surface area contributed by atoms with Crippen molar-refractivity contribution in [1.82, 2.24) is 10.1 Å². The summed E-state index contributed by atoms with van der Waals surface area (Å²) < 4.78 is 5.54. The summed E-state index contributed by atoms with van der Waals surface area (Å²) in [6.45, 7) is 4.71. The van der Waals surface area contributed by atoms with Crippen LogP contribution >= 0.6 is 0 Å². The van der Waals surface area contributed by atoms with Gasteiger partial charge in [-0.25, -0.2) is 0 Å². The molecule has 4 nitrogen and oxygen atoms in total. The molecule has 1 aromatic heterocycles. The maximum Gasteiger partial charge on any atom is 0.229 e. The second kappa shape index (κ2) is 5.47. The van der Waals surface area contributed by atoms with Crippen LogP contribution in [0.4, 0.5) is 0 Å². The van der Waals surface area contributed by atoms with Crippen molar-refractivity contribution < 1.29 is 4.52 Å². The quantitative estimate of drug-likeness (QED) is 0.894. The molecular formula is C16H27N3O. The highest BCUT2D eigenvalue weighted by Gasteiger charge is 2.31. The van der Waals surface area contributed by atoms with E-state index in [1.54, 1.807) is 0 Å². The first-order valence-corrected chi connectivity index (χ1v) is 8.12. The van der Waals surface area contributed by atoms with Gasteiger partial charge in [0.25, 0.3) is 0 Å². The molecule has 0 aliphatic heterocycles. The van der Waals surface area contributed by atoms with E-state index >= 15 is 0 Å². The van der Waals surface area contributed by atoms with Gasteiger partial charge in [0.15, 0.2) is 5.82 Å². The van der Waals surface area contributed by atoms with Crippen LogP contribution in [0.25, 0.3) is 0 Å². The van der Waals surface area contributed by atoms with Crippen molar-refractivity contribution in [1.29, 1.82) is 0 Å². The molecule has 2 aliphatic carbocycles. The maximum absolute atomic E-state index is 6.05. The molecule has 0 amide bonds. The fourth-order valence-corrected chi connectivity index (χ4v) is 3.69. The highest BCUT2D eigenvalue weighted by atomic mass is 16.5. The molecule has 2 fully saturated rings. The zero-order chi connectivity index (χ0) is 14.2. The third-order valence-electron chi connectivity index (χ3n) is 5.23. The lowest BCUT2D eigenvalue weighted by Gasteiger charge is -2.32. The third-order valence-corrected chi connectivity index (χ3v) is 5.23. The Morgan fingerprint density at radius 3 is 2.55 bits per heavy atom. The average molecular weight is 277 g/mol. The lowest BCUT2D eigenvalue weighted by atomic mass is 9.73. The molecule has 4 heteroatoms. The highest BCUT2D eigenvalue weighted by molar-refractivity contribution is 5.03. The van der Waals surface area contributed by atoms with Crippen molar-refractivity contribution in [3.05, 3.63) is 11.7 Å². The van der Waals surface area contributed by atoms with Crippen LogP contribution in [0.3, 0.4) is 0 Å². The minimum absolute atomic E-state index is 0.305. The van der Waals surface area contributed by atoms with Crippen molar-refractivity contribution in [3.8, 4) is 0 Å². The average Bonchev–Trinajstić information content (AvgIpc) is 2.88. The van der Waals surface area contributed by atoms with Crippen LogP contribution in [0.2, 0.25) is 0 Å². The number of nitrogens with zero attached hydrogens (tertiary/aromatic N) is 2. The van der Waals surface area contributed by atoms with Gasteiger partial charge in [-0.1, -0.05) is 25.4 Å². The van der Waals surface area contributed by atoms with Crippen LogP contribution in [-0.4, -0.2) is 16.2 Å². The molecule has 0 radical (unpaired) electrons. The van der Waals surface area contributed by atoms with E-state index in [9.17, 15) is 0 Å². The maximum atomic E-state index is 6.05. The zero-order valence-electron chi connectivity index (χ0n) is 12.8. The first-order valence-electron chi connectivity index (χ1n) is 8.12. The van der Waals surface area contributed by atoms with Gasteiger partial charge in [-0.05, 0) is 50.4 Å². The van der Waals surface area contributed by atoms with E-state index in [2.05, 4.69) is 19.0 Å². The summed E-state index contributed by atoms with van der Waals surface area (Å²) in [6, 6.07) is 0.305. The summed E-state index contributed by atoms with van der Waals surface area (Å²) in [5.74, 6) is 2.66. The second-order valence-corrected chi connectivity index (χ2v) is 7.55. The Kier molecular flexibility index (Phi) is 3.85. The first kappa shape index (κ1) is 14.1. The second-order valence-electron chi connectivity index (χ2n) is 7.55. The number of hydrogen-bond donors (Lipinski definition) is 1. The summed E-state index contributed by atoms with van der Waals surface area (Å²) in [5.41, 5.74) is 6.54. The predicted octanol–water partition coefficient (Wildman–Crippen LogP) is 3.74. The number of aromatic nitrogens is 2. The fraction of sp³-hybridized carbons (Fsp3) is 0.875. The lowest BCUT2D eigenvalue weighted by molar-refractivity contribution is 0.218. The number of nitrogens with two attached hydrogens (primary N) is 1. The van der Waals surface area contributed by atoms with Crippen LogP contribution in [-0.2, 0) is 0 Å². The topological polar surface area (TPSA) is 64.9 Å². The van der Waals surface area contributed by atoms with Gasteiger partial charge in [-0.15, -0.1) is 0 Å². The Hall–Kier alpha value is -0.900. The molecule has 1 heterocycles. The van der Waals surface area contributed by atoms with Gasteiger partial charge in [0, 0.05) is 17.9 Å². The molecule has 2 saturated carbocycles. The molecule has 112 valence electrons. The molecule has 2 unspecified atom stereocenters. The minimum Gasteiger partial charge on any atom is -0.339 e. The SMILES string of the molecule is CC1(C)CCC(c2noc(C3CCCC(N)C3)n2)CC1. The summed E-state index contributed by atoms with van der Waals surface area (Å²) in [6.07, 6.45) is 9.36. The highest BCUT2D eigenvalue weighted by Crippen LogP contribution is 2.42. The standard InChI is InChI=1S/C16H27N3O/c1-16(2)8-6-11(7-9-16)14-18-15(20-19-14)12-4-3-5-13(17)10-12/h11-13H,3-10,17H2,1-2H3. The summed E-state index contributed by atoms with van der Waals surface area (Å²) >= 11 is 0. The Balaban J connectivity index is 1.65. The van der Waals surface area contributed by atoms with Gasteiger partial charge in [0.2, 0.25) is 5.89 Å². The third kappa shape index (κ3) is 3.05. The Morgan fingerprint density at radius 2 is 1.85 bits per heavy atom. The van der Waals surface area contributed by atoms with E-state index in [0.29, 0.717) is 23.3 Å². The van der Waals surface area contributed by atoms with Gasteiger partial charge in [0.1, 0.15) is 0 Å². The van der Waals surface area contributed by atoms with Gasteiger partial charge in [-0.2, -0.15) is 4.98 Å². The normalized spacial score (nSPS) is 31.4. The van der Waals surface area contributed by atoms with E-state index in [0.717, 1.165) is 31.0 Å². The fourth-order valence-electron chi connectivity index (χ4n) is 3.69. The molecule has 0 bridgehead atoms. The molecule has 0 saturated heterocycles. The van der Waals surface area contributed by atoms with Crippen molar-refractivity contribution in [2.45, 2.75) is 83.1 Å². The molecule has 2 N–H and O–H groups in total. The molecule has 0 aromatic carbocycles. The molecule has 2 aliphatic rings. The predicted molar refractivity (Wildman–Crippen MR) is 78.5 cm³/mol. The Bertz CT molecular complexity index is 444.